The summed E-state index contributed by atoms with van der Waals surface area (Å²) in [5.41, 5.74) is 10.5. The van der Waals surface area contributed by atoms with Crippen molar-refractivity contribution in [3.8, 4) is 28.3 Å². The van der Waals surface area contributed by atoms with Crippen molar-refractivity contribution >= 4 is 21.8 Å². The summed E-state index contributed by atoms with van der Waals surface area (Å²) in [4.78, 5) is 14.0. The van der Waals surface area contributed by atoms with Crippen LogP contribution >= 0.6 is 0 Å². The van der Waals surface area contributed by atoms with E-state index in [1.807, 2.05) is 6.07 Å². The van der Waals surface area contributed by atoms with Gasteiger partial charge in [-0.2, -0.15) is 0 Å². The van der Waals surface area contributed by atoms with Crippen molar-refractivity contribution in [3.05, 3.63) is 180 Å². The molecule has 0 atom stereocenters. The molecule has 0 bridgehead atoms. The van der Waals surface area contributed by atoms with E-state index in [2.05, 4.69) is 154 Å². The second-order valence-corrected chi connectivity index (χ2v) is 11.3. The highest BCUT2D eigenvalue weighted by molar-refractivity contribution is 5.93. The van der Waals surface area contributed by atoms with Crippen molar-refractivity contribution in [2.75, 3.05) is 0 Å². The van der Waals surface area contributed by atoms with E-state index in [1.165, 1.54) is 44.2 Å². The standard InChI is InChI=1S/C40H26N4/c1-3-12-31(13-4-1)40(32-14-5-2-6-15-32)33-16-9-17-35-38(33)44(39(43-35)36-22-23-41-26-42-36)37-21-20-30(25-34(37)40)29-19-18-27-10-7-8-11-28(27)24-29/h1-26H. The van der Waals surface area contributed by atoms with Gasteiger partial charge >= 0.3 is 0 Å². The van der Waals surface area contributed by atoms with Gasteiger partial charge in [0.25, 0.3) is 0 Å². The van der Waals surface area contributed by atoms with Gasteiger partial charge in [-0.3, -0.25) is 4.57 Å². The van der Waals surface area contributed by atoms with Crippen LogP contribution in [0.25, 0.3) is 50.1 Å². The first-order valence-corrected chi connectivity index (χ1v) is 14.9. The lowest BCUT2D eigenvalue weighted by Gasteiger charge is -2.41. The lowest BCUT2D eigenvalue weighted by atomic mass is 9.63. The summed E-state index contributed by atoms with van der Waals surface area (Å²) in [6.07, 6.45) is 3.37. The Balaban J connectivity index is 1.44. The molecule has 4 heteroatoms. The minimum absolute atomic E-state index is 0.580. The van der Waals surface area contributed by atoms with Gasteiger partial charge in [-0.05, 0) is 74.5 Å². The van der Waals surface area contributed by atoms with E-state index in [0.717, 1.165) is 28.2 Å². The zero-order chi connectivity index (χ0) is 29.1. The number of hydrogen-bond acceptors (Lipinski definition) is 3. The van der Waals surface area contributed by atoms with Gasteiger partial charge in [0.1, 0.15) is 12.0 Å². The average Bonchev–Trinajstić information content (AvgIpc) is 3.50. The van der Waals surface area contributed by atoms with E-state index in [4.69, 9.17) is 4.98 Å². The van der Waals surface area contributed by atoms with E-state index < -0.39 is 5.41 Å². The first-order chi connectivity index (χ1) is 21.8. The Hall–Kier alpha value is -5.87. The van der Waals surface area contributed by atoms with Crippen LogP contribution in [0, 0.1) is 0 Å². The molecule has 206 valence electrons. The average molecular weight is 563 g/mol. The molecule has 8 aromatic rings. The summed E-state index contributed by atoms with van der Waals surface area (Å²) < 4.78 is 2.30. The summed E-state index contributed by atoms with van der Waals surface area (Å²) in [5.74, 6) is 0.810. The number of benzene rings is 6. The molecule has 0 radical (unpaired) electrons. The van der Waals surface area contributed by atoms with E-state index in [9.17, 15) is 0 Å². The molecule has 44 heavy (non-hydrogen) atoms. The van der Waals surface area contributed by atoms with Gasteiger partial charge in [0.15, 0.2) is 5.82 Å². The lowest BCUT2D eigenvalue weighted by molar-refractivity contribution is 0.725. The van der Waals surface area contributed by atoms with Crippen molar-refractivity contribution in [2.45, 2.75) is 5.41 Å². The molecule has 9 rings (SSSR count). The third-order valence-corrected chi connectivity index (χ3v) is 9.03. The maximum Gasteiger partial charge on any atom is 0.164 e. The van der Waals surface area contributed by atoms with E-state index in [-0.39, 0.29) is 0 Å². The van der Waals surface area contributed by atoms with Gasteiger partial charge in [0.05, 0.1) is 22.1 Å². The number of rotatable bonds is 4. The predicted octanol–water partition coefficient (Wildman–Crippen LogP) is 9.00. The fourth-order valence-corrected chi connectivity index (χ4v) is 7.15. The molecule has 3 heterocycles. The first-order valence-electron chi connectivity index (χ1n) is 14.9. The first kappa shape index (κ1) is 24.7. The quantitative estimate of drug-likeness (QED) is 0.215. The topological polar surface area (TPSA) is 43.6 Å². The molecule has 2 aromatic heterocycles. The van der Waals surface area contributed by atoms with Gasteiger partial charge in [0, 0.05) is 6.20 Å². The van der Waals surface area contributed by atoms with Gasteiger partial charge in [0.2, 0.25) is 0 Å². The number of hydrogen-bond donors (Lipinski definition) is 0. The summed E-state index contributed by atoms with van der Waals surface area (Å²) in [6.45, 7) is 0. The minimum Gasteiger partial charge on any atom is -0.290 e. The molecule has 0 spiro atoms. The van der Waals surface area contributed by atoms with Crippen molar-refractivity contribution in [1.82, 2.24) is 19.5 Å². The minimum atomic E-state index is -0.580. The summed E-state index contributed by atoms with van der Waals surface area (Å²) >= 11 is 0. The SMILES string of the molecule is c1ccc(C2(c3ccccc3)c3cc(-c4ccc5ccccc5c4)ccc3-n3c(-c4ccncn4)nc4cccc2c43)cc1. The van der Waals surface area contributed by atoms with E-state index >= 15 is 0 Å². The fourth-order valence-electron chi connectivity index (χ4n) is 7.15. The largest absolute Gasteiger partial charge is 0.290 e. The van der Waals surface area contributed by atoms with Crippen LogP contribution in [0.2, 0.25) is 0 Å². The number of imidazole rings is 1. The highest BCUT2D eigenvalue weighted by Gasteiger charge is 2.45. The van der Waals surface area contributed by atoms with Crippen molar-refractivity contribution in [1.29, 1.82) is 0 Å². The number of para-hydroxylation sites is 1. The van der Waals surface area contributed by atoms with Crippen LogP contribution in [0.3, 0.4) is 0 Å². The second-order valence-electron chi connectivity index (χ2n) is 11.3. The molecule has 0 saturated carbocycles. The maximum absolute atomic E-state index is 5.19. The van der Waals surface area contributed by atoms with Crippen LogP contribution in [-0.2, 0) is 5.41 Å². The molecule has 0 aliphatic carbocycles. The summed E-state index contributed by atoms with van der Waals surface area (Å²) in [7, 11) is 0. The van der Waals surface area contributed by atoms with Crippen LogP contribution in [0.5, 0.6) is 0 Å². The van der Waals surface area contributed by atoms with Crippen LogP contribution < -0.4 is 0 Å². The summed E-state index contributed by atoms with van der Waals surface area (Å²) in [6, 6.07) is 52.4. The van der Waals surface area contributed by atoms with Gasteiger partial charge in [-0.15, -0.1) is 0 Å². The van der Waals surface area contributed by atoms with E-state index in [1.54, 1.807) is 12.5 Å². The molecule has 0 fully saturated rings. The molecule has 4 nitrogen and oxygen atoms in total. The summed E-state index contributed by atoms with van der Waals surface area (Å²) in [5, 5.41) is 2.47. The van der Waals surface area contributed by atoms with Crippen LogP contribution in [0.4, 0.5) is 0 Å². The predicted molar refractivity (Wildman–Crippen MR) is 177 cm³/mol. The van der Waals surface area contributed by atoms with Crippen molar-refractivity contribution in [2.24, 2.45) is 0 Å². The van der Waals surface area contributed by atoms with Crippen LogP contribution in [0.1, 0.15) is 22.3 Å². The Labute approximate surface area is 255 Å². The molecule has 1 aliphatic heterocycles. The smallest absolute Gasteiger partial charge is 0.164 e. The zero-order valence-electron chi connectivity index (χ0n) is 23.8. The number of aromatic nitrogens is 4. The Morgan fingerprint density at radius 3 is 2.00 bits per heavy atom. The Kier molecular flexibility index (Phi) is 5.38. The molecule has 6 aromatic carbocycles. The molecular formula is C40H26N4. The molecule has 0 amide bonds. The zero-order valence-corrected chi connectivity index (χ0v) is 23.8. The molecular weight excluding hydrogens is 536 g/mol. The van der Waals surface area contributed by atoms with Crippen LogP contribution in [-0.4, -0.2) is 19.5 Å². The Morgan fingerprint density at radius 2 is 1.25 bits per heavy atom. The highest BCUT2D eigenvalue weighted by Crippen LogP contribution is 2.54. The molecule has 0 N–H and O–H groups in total. The maximum atomic E-state index is 5.19. The Morgan fingerprint density at radius 1 is 0.545 bits per heavy atom. The molecule has 1 aliphatic rings. The van der Waals surface area contributed by atoms with Crippen LogP contribution in [0.15, 0.2) is 158 Å². The number of nitrogens with zero attached hydrogens (tertiary/aromatic N) is 4. The second kappa shape index (κ2) is 9.58. The number of fused-ring (bicyclic) bond motifs is 3. The highest BCUT2D eigenvalue weighted by atomic mass is 15.1. The van der Waals surface area contributed by atoms with Gasteiger partial charge in [-0.25, -0.2) is 15.0 Å². The normalized spacial score (nSPS) is 13.2. The third kappa shape index (κ3) is 3.48. The molecule has 0 saturated heterocycles. The lowest BCUT2D eigenvalue weighted by Crippen LogP contribution is -2.35. The van der Waals surface area contributed by atoms with Gasteiger partial charge < -0.3 is 0 Å². The van der Waals surface area contributed by atoms with Crippen molar-refractivity contribution < 1.29 is 0 Å². The van der Waals surface area contributed by atoms with Gasteiger partial charge in [-0.1, -0.05) is 115 Å². The fraction of sp³-hybridized carbons (Fsp3) is 0.0250. The van der Waals surface area contributed by atoms with E-state index in [0.29, 0.717) is 0 Å². The van der Waals surface area contributed by atoms with Crippen molar-refractivity contribution in [3.63, 3.8) is 0 Å². The Bertz CT molecular complexity index is 2280. The molecule has 0 unspecified atom stereocenters. The third-order valence-electron chi connectivity index (χ3n) is 9.03. The monoisotopic (exact) mass is 562 g/mol.